The average Bonchev–Trinajstić information content (AvgIpc) is 2.57. The minimum atomic E-state index is -0.534. The van der Waals surface area contributed by atoms with E-state index in [1.807, 2.05) is 6.07 Å². The van der Waals surface area contributed by atoms with E-state index in [9.17, 15) is 4.79 Å². The fourth-order valence-corrected chi connectivity index (χ4v) is 2.75. The SMILES string of the molecule is O=C(Nc1cnccc1N1CCCCC1)[C@H]1COCCO1. The topological polar surface area (TPSA) is 63.7 Å². The van der Waals surface area contributed by atoms with Gasteiger partial charge in [-0.1, -0.05) is 0 Å². The van der Waals surface area contributed by atoms with Gasteiger partial charge in [0.15, 0.2) is 6.10 Å². The van der Waals surface area contributed by atoms with Crippen LogP contribution in [-0.2, 0) is 14.3 Å². The summed E-state index contributed by atoms with van der Waals surface area (Å²) in [6.45, 7) is 3.37. The molecule has 3 rings (SSSR count). The van der Waals surface area contributed by atoms with Crippen LogP contribution in [-0.4, -0.2) is 49.9 Å². The molecule has 0 radical (unpaired) electrons. The van der Waals surface area contributed by atoms with Crippen LogP contribution in [0.2, 0.25) is 0 Å². The smallest absolute Gasteiger partial charge is 0.256 e. The zero-order valence-electron chi connectivity index (χ0n) is 12.1. The summed E-state index contributed by atoms with van der Waals surface area (Å²) in [5.41, 5.74) is 1.79. The molecule has 2 saturated heterocycles. The molecule has 0 bridgehead atoms. The van der Waals surface area contributed by atoms with E-state index in [1.54, 1.807) is 12.4 Å². The van der Waals surface area contributed by atoms with Gasteiger partial charge in [0.2, 0.25) is 0 Å². The van der Waals surface area contributed by atoms with Crippen molar-refractivity contribution < 1.29 is 14.3 Å². The lowest BCUT2D eigenvalue weighted by atomic mass is 10.1. The third-order valence-electron chi connectivity index (χ3n) is 3.86. The van der Waals surface area contributed by atoms with Gasteiger partial charge in [0, 0.05) is 19.3 Å². The van der Waals surface area contributed by atoms with Crippen molar-refractivity contribution in [2.75, 3.05) is 43.1 Å². The second-order valence-corrected chi connectivity index (χ2v) is 5.36. The molecule has 0 unspecified atom stereocenters. The van der Waals surface area contributed by atoms with Crippen molar-refractivity contribution in [2.45, 2.75) is 25.4 Å². The zero-order chi connectivity index (χ0) is 14.5. The summed E-state index contributed by atoms with van der Waals surface area (Å²) >= 11 is 0. The van der Waals surface area contributed by atoms with Gasteiger partial charge in [-0.2, -0.15) is 0 Å². The highest BCUT2D eigenvalue weighted by Crippen LogP contribution is 2.27. The predicted octanol–water partition coefficient (Wildman–Crippen LogP) is 1.43. The van der Waals surface area contributed by atoms with E-state index in [0.717, 1.165) is 24.5 Å². The van der Waals surface area contributed by atoms with Gasteiger partial charge in [0.05, 0.1) is 37.4 Å². The van der Waals surface area contributed by atoms with Crippen molar-refractivity contribution in [3.63, 3.8) is 0 Å². The molecule has 2 fully saturated rings. The van der Waals surface area contributed by atoms with Gasteiger partial charge in [-0.25, -0.2) is 0 Å². The summed E-state index contributed by atoms with van der Waals surface area (Å²) in [5, 5.41) is 2.93. The number of hydrogen-bond donors (Lipinski definition) is 1. The lowest BCUT2D eigenvalue weighted by Gasteiger charge is -2.30. The molecule has 21 heavy (non-hydrogen) atoms. The standard InChI is InChI=1S/C15H21N3O3/c19-15(14-11-20-8-9-21-14)17-12-10-16-5-4-13(12)18-6-2-1-3-7-18/h4-5,10,14H,1-3,6-9,11H2,(H,17,19)/t14-/m1/s1. The molecule has 1 amide bonds. The number of anilines is 2. The Labute approximate surface area is 124 Å². The van der Waals surface area contributed by atoms with Crippen LogP contribution in [0.5, 0.6) is 0 Å². The Morgan fingerprint density at radius 1 is 1.29 bits per heavy atom. The molecule has 0 saturated carbocycles. The number of nitrogens with one attached hydrogen (secondary N) is 1. The van der Waals surface area contributed by atoms with Crippen LogP contribution < -0.4 is 10.2 Å². The predicted molar refractivity (Wildman–Crippen MR) is 79.5 cm³/mol. The fourth-order valence-electron chi connectivity index (χ4n) is 2.75. The van der Waals surface area contributed by atoms with E-state index in [4.69, 9.17) is 9.47 Å². The molecule has 0 aromatic carbocycles. The summed E-state index contributed by atoms with van der Waals surface area (Å²) in [6, 6.07) is 1.96. The Kier molecular flexibility index (Phi) is 4.67. The summed E-state index contributed by atoms with van der Waals surface area (Å²) < 4.78 is 10.7. The van der Waals surface area contributed by atoms with Gasteiger partial charge in [0.25, 0.3) is 5.91 Å². The number of piperidine rings is 1. The van der Waals surface area contributed by atoms with Crippen LogP contribution >= 0.6 is 0 Å². The van der Waals surface area contributed by atoms with Gasteiger partial charge >= 0.3 is 0 Å². The number of nitrogens with zero attached hydrogens (tertiary/aromatic N) is 2. The van der Waals surface area contributed by atoms with Gasteiger partial charge in [0.1, 0.15) is 0 Å². The molecule has 1 aromatic rings. The lowest BCUT2D eigenvalue weighted by molar-refractivity contribution is -0.142. The molecule has 0 aliphatic carbocycles. The molecule has 1 N–H and O–H groups in total. The van der Waals surface area contributed by atoms with Gasteiger partial charge in [-0.3, -0.25) is 9.78 Å². The second kappa shape index (κ2) is 6.87. The van der Waals surface area contributed by atoms with Crippen molar-refractivity contribution in [2.24, 2.45) is 0 Å². The van der Waals surface area contributed by atoms with Crippen LogP contribution in [0, 0.1) is 0 Å². The number of hydrogen-bond acceptors (Lipinski definition) is 5. The molecule has 2 aliphatic heterocycles. The van der Waals surface area contributed by atoms with Crippen molar-refractivity contribution in [1.29, 1.82) is 0 Å². The van der Waals surface area contributed by atoms with Crippen molar-refractivity contribution in [3.8, 4) is 0 Å². The lowest BCUT2D eigenvalue weighted by Crippen LogP contribution is -2.39. The molecule has 6 nitrogen and oxygen atoms in total. The first-order valence-corrected chi connectivity index (χ1v) is 7.54. The molecule has 6 heteroatoms. The number of amides is 1. The molecular weight excluding hydrogens is 270 g/mol. The minimum Gasteiger partial charge on any atom is -0.376 e. The van der Waals surface area contributed by atoms with E-state index in [-0.39, 0.29) is 5.91 Å². The Morgan fingerprint density at radius 3 is 2.90 bits per heavy atom. The van der Waals surface area contributed by atoms with E-state index in [1.165, 1.54) is 19.3 Å². The third kappa shape index (κ3) is 3.51. The van der Waals surface area contributed by atoms with Crippen molar-refractivity contribution in [1.82, 2.24) is 4.98 Å². The van der Waals surface area contributed by atoms with E-state index < -0.39 is 6.10 Å². The summed E-state index contributed by atoms with van der Waals surface area (Å²) in [5.74, 6) is -0.166. The Bertz CT molecular complexity index is 483. The molecule has 0 spiro atoms. The maximum Gasteiger partial charge on any atom is 0.256 e. The highest BCUT2D eigenvalue weighted by molar-refractivity contribution is 5.97. The molecule has 3 heterocycles. The zero-order valence-corrected chi connectivity index (χ0v) is 12.1. The Morgan fingerprint density at radius 2 is 2.14 bits per heavy atom. The van der Waals surface area contributed by atoms with Crippen molar-refractivity contribution in [3.05, 3.63) is 18.5 Å². The molecular formula is C15H21N3O3. The van der Waals surface area contributed by atoms with Crippen molar-refractivity contribution >= 4 is 17.3 Å². The summed E-state index contributed by atoms with van der Waals surface area (Å²) in [6.07, 6.45) is 6.58. The second-order valence-electron chi connectivity index (χ2n) is 5.36. The third-order valence-corrected chi connectivity index (χ3v) is 3.86. The number of rotatable bonds is 3. The fraction of sp³-hybridized carbons (Fsp3) is 0.600. The van der Waals surface area contributed by atoms with Crippen LogP contribution in [0.4, 0.5) is 11.4 Å². The van der Waals surface area contributed by atoms with E-state index in [2.05, 4.69) is 15.2 Å². The number of pyridine rings is 1. The van der Waals surface area contributed by atoms with Crippen LogP contribution in [0.3, 0.4) is 0 Å². The molecule has 2 aliphatic rings. The highest BCUT2D eigenvalue weighted by Gasteiger charge is 2.24. The number of aromatic nitrogens is 1. The first-order valence-electron chi connectivity index (χ1n) is 7.54. The number of carbonyl (C=O) groups is 1. The normalized spacial score (nSPS) is 22.9. The maximum atomic E-state index is 12.2. The quantitative estimate of drug-likeness (QED) is 0.912. The largest absolute Gasteiger partial charge is 0.376 e. The maximum absolute atomic E-state index is 12.2. The molecule has 114 valence electrons. The average molecular weight is 291 g/mol. The van der Waals surface area contributed by atoms with Crippen LogP contribution in [0.15, 0.2) is 18.5 Å². The van der Waals surface area contributed by atoms with E-state index in [0.29, 0.717) is 19.8 Å². The van der Waals surface area contributed by atoms with Crippen LogP contribution in [0.1, 0.15) is 19.3 Å². The van der Waals surface area contributed by atoms with Gasteiger partial charge in [-0.05, 0) is 25.3 Å². The van der Waals surface area contributed by atoms with Crippen LogP contribution in [0.25, 0.3) is 0 Å². The summed E-state index contributed by atoms with van der Waals surface area (Å²) in [4.78, 5) is 18.7. The van der Waals surface area contributed by atoms with Gasteiger partial charge in [-0.15, -0.1) is 0 Å². The van der Waals surface area contributed by atoms with E-state index >= 15 is 0 Å². The number of carbonyl (C=O) groups excluding carboxylic acids is 1. The molecule has 1 aromatic heterocycles. The highest BCUT2D eigenvalue weighted by atomic mass is 16.6. The Hall–Kier alpha value is -1.66. The first kappa shape index (κ1) is 14.3. The molecule has 1 atom stereocenters. The summed E-state index contributed by atoms with van der Waals surface area (Å²) in [7, 11) is 0. The number of ether oxygens (including phenoxy) is 2. The first-order chi connectivity index (χ1) is 10.3. The Balaban J connectivity index is 1.70. The van der Waals surface area contributed by atoms with Gasteiger partial charge < -0.3 is 19.7 Å². The monoisotopic (exact) mass is 291 g/mol. The minimum absolute atomic E-state index is 0.166.